The molecule has 3 heteroatoms. The smallest absolute Gasteiger partial charge is 0.123 e. The Balaban J connectivity index is 1.89. The molecular formula is C19H25NO2. The largest absolute Gasteiger partial charge is 0.491 e. The van der Waals surface area contributed by atoms with Crippen molar-refractivity contribution in [3.8, 4) is 5.75 Å². The van der Waals surface area contributed by atoms with E-state index in [1.165, 1.54) is 11.1 Å². The van der Waals surface area contributed by atoms with Gasteiger partial charge in [0.2, 0.25) is 0 Å². The number of ether oxygens (including phenoxy) is 2. The number of benzene rings is 2. The Morgan fingerprint density at radius 1 is 0.955 bits per heavy atom. The molecule has 22 heavy (non-hydrogen) atoms. The zero-order valence-corrected chi connectivity index (χ0v) is 13.4. The van der Waals surface area contributed by atoms with Gasteiger partial charge in [-0.15, -0.1) is 0 Å². The average Bonchev–Trinajstić information content (AvgIpc) is 2.58. The van der Waals surface area contributed by atoms with Crippen LogP contribution < -0.4 is 10.1 Å². The lowest BCUT2D eigenvalue weighted by Crippen LogP contribution is -2.18. The van der Waals surface area contributed by atoms with Crippen molar-refractivity contribution in [2.45, 2.75) is 26.4 Å². The van der Waals surface area contributed by atoms with Gasteiger partial charge in [0.25, 0.3) is 0 Å². The maximum atomic E-state index is 5.81. The summed E-state index contributed by atoms with van der Waals surface area (Å²) < 4.78 is 11.1. The SMILES string of the molecule is CCOCCOc1ccccc1CNC(C)c1ccccc1. The van der Waals surface area contributed by atoms with E-state index in [0.29, 0.717) is 19.3 Å². The number of nitrogens with one attached hydrogen (secondary N) is 1. The number of hydrogen-bond donors (Lipinski definition) is 1. The van der Waals surface area contributed by atoms with E-state index in [1.807, 2.05) is 31.2 Å². The third-order valence-electron chi connectivity index (χ3n) is 3.56. The fourth-order valence-corrected chi connectivity index (χ4v) is 2.27. The van der Waals surface area contributed by atoms with Crippen molar-refractivity contribution in [1.82, 2.24) is 5.32 Å². The van der Waals surface area contributed by atoms with Crippen LogP contribution in [-0.2, 0) is 11.3 Å². The summed E-state index contributed by atoms with van der Waals surface area (Å²) in [6, 6.07) is 18.9. The van der Waals surface area contributed by atoms with Crippen LogP contribution in [0.5, 0.6) is 5.75 Å². The topological polar surface area (TPSA) is 30.5 Å². The van der Waals surface area contributed by atoms with Crippen molar-refractivity contribution in [2.75, 3.05) is 19.8 Å². The van der Waals surface area contributed by atoms with Crippen LogP contribution >= 0.6 is 0 Å². The summed E-state index contributed by atoms with van der Waals surface area (Å²) in [5, 5.41) is 3.55. The van der Waals surface area contributed by atoms with E-state index in [2.05, 4.69) is 42.6 Å². The second kappa shape index (κ2) is 9.23. The molecular weight excluding hydrogens is 274 g/mol. The molecule has 2 aromatic carbocycles. The van der Waals surface area contributed by atoms with E-state index in [0.717, 1.165) is 18.9 Å². The summed E-state index contributed by atoms with van der Waals surface area (Å²) in [6.45, 7) is 6.87. The Hall–Kier alpha value is -1.84. The van der Waals surface area contributed by atoms with Crippen molar-refractivity contribution < 1.29 is 9.47 Å². The summed E-state index contributed by atoms with van der Waals surface area (Å²) in [5.41, 5.74) is 2.46. The second-order valence-electron chi connectivity index (χ2n) is 5.17. The Kier molecular flexibility index (Phi) is 6.94. The lowest BCUT2D eigenvalue weighted by atomic mass is 10.1. The first-order valence-electron chi connectivity index (χ1n) is 7.88. The third-order valence-corrected chi connectivity index (χ3v) is 3.56. The minimum atomic E-state index is 0.303. The Bertz CT molecular complexity index is 542. The zero-order chi connectivity index (χ0) is 15.6. The van der Waals surface area contributed by atoms with Gasteiger partial charge in [-0.1, -0.05) is 48.5 Å². The van der Waals surface area contributed by atoms with Crippen molar-refractivity contribution in [3.05, 3.63) is 65.7 Å². The summed E-state index contributed by atoms with van der Waals surface area (Å²) in [7, 11) is 0. The van der Waals surface area contributed by atoms with Crippen LogP contribution in [0.2, 0.25) is 0 Å². The summed E-state index contributed by atoms with van der Waals surface area (Å²) in [4.78, 5) is 0. The monoisotopic (exact) mass is 299 g/mol. The summed E-state index contributed by atoms with van der Waals surface area (Å²) in [5.74, 6) is 0.926. The van der Waals surface area contributed by atoms with Crippen molar-refractivity contribution in [3.63, 3.8) is 0 Å². The molecule has 0 bridgehead atoms. The maximum Gasteiger partial charge on any atom is 0.123 e. The average molecular weight is 299 g/mol. The quantitative estimate of drug-likeness (QED) is 0.711. The fraction of sp³-hybridized carbons (Fsp3) is 0.368. The Morgan fingerprint density at radius 3 is 2.45 bits per heavy atom. The van der Waals surface area contributed by atoms with Crippen molar-refractivity contribution in [1.29, 1.82) is 0 Å². The summed E-state index contributed by atoms with van der Waals surface area (Å²) >= 11 is 0. The fourth-order valence-electron chi connectivity index (χ4n) is 2.27. The number of para-hydroxylation sites is 1. The standard InChI is InChI=1S/C19H25NO2/c1-3-21-13-14-22-19-12-8-7-11-18(19)15-20-16(2)17-9-5-4-6-10-17/h4-12,16,20H,3,13-15H2,1-2H3. The second-order valence-corrected chi connectivity index (χ2v) is 5.17. The molecule has 0 aromatic heterocycles. The molecule has 2 rings (SSSR count). The highest BCUT2D eigenvalue weighted by molar-refractivity contribution is 5.33. The van der Waals surface area contributed by atoms with Gasteiger partial charge in [-0.25, -0.2) is 0 Å². The molecule has 1 unspecified atom stereocenters. The van der Waals surface area contributed by atoms with Crippen LogP contribution in [0, 0.1) is 0 Å². The molecule has 0 aliphatic rings. The van der Waals surface area contributed by atoms with E-state index < -0.39 is 0 Å². The predicted molar refractivity (Wildman–Crippen MR) is 90.1 cm³/mol. The van der Waals surface area contributed by atoms with Crippen LogP contribution in [0.4, 0.5) is 0 Å². The molecule has 3 nitrogen and oxygen atoms in total. The van der Waals surface area contributed by atoms with Crippen molar-refractivity contribution in [2.24, 2.45) is 0 Å². The van der Waals surface area contributed by atoms with Gasteiger partial charge in [0, 0.05) is 24.8 Å². The molecule has 0 aliphatic heterocycles. The first-order valence-corrected chi connectivity index (χ1v) is 7.88. The molecule has 1 atom stereocenters. The number of hydrogen-bond acceptors (Lipinski definition) is 3. The van der Waals surface area contributed by atoms with Crippen LogP contribution in [0.1, 0.15) is 31.0 Å². The normalized spacial score (nSPS) is 12.1. The van der Waals surface area contributed by atoms with E-state index in [1.54, 1.807) is 0 Å². The van der Waals surface area contributed by atoms with Gasteiger partial charge in [0.15, 0.2) is 0 Å². The first kappa shape index (κ1) is 16.5. The van der Waals surface area contributed by atoms with E-state index in [9.17, 15) is 0 Å². The van der Waals surface area contributed by atoms with Crippen LogP contribution in [0.3, 0.4) is 0 Å². The Labute approximate surface area is 133 Å². The summed E-state index contributed by atoms with van der Waals surface area (Å²) in [6.07, 6.45) is 0. The molecule has 0 radical (unpaired) electrons. The van der Waals surface area contributed by atoms with Gasteiger partial charge < -0.3 is 14.8 Å². The first-order chi connectivity index (χ1) is 10.8. The van der Waals surface area contributed by atoms with Gasteiger partial charge in [0.1, 0.15) is 12.4 Å². The van der Waals surface area contributed by atoms with Gasteiger partial charge >= 0.3 is 0 Å². The van der Waals surface area contributed by atoms with E-state index >= 15 is 0 Å². The molecule has 0 spiro atoms. The van der Waals surface area contributed by atoms with Gasteiger partial charge in [-0.05, 0) is 25.5 Å². The molecule has 1 N–H and O–H groups in total. The molecule has 0 saturated heterocycles. The molecule has 0 aliphatic carbocycles. The molecule has 118 valence electrons. The van der Waals surface area contributed by atoms with Crippen LogP contribution in [0.15, 0.2) is 54.6 Å². The van der Waals surface area contributed by atoms with Crippen molar-refractivity contribution >= 4 is 0 Å². The molecule has 2 aromatic rings. The van der Waals surface area contributed by atoms with Gasteiger partial charge in [-0.2, -0.15) is 0 Å². The van der Waals surface area contributed by atoms with Crippen LogP contribution in [0.25, 0.3) is 0 Å². The highest BCUT2D eigenvalue weighted by atomic mass is 16.5. The lowest BCUT2D eigenvalue weighted by molar-refractivity contribution is 0.110. The highest BCUT2D eigenvalue weighted by Gasteiger charge is 2.07. The van der Waals surface area contributed by atoms with Gasteiger partial charge in [0.05, 0.1) is 6.61 Å². The lowest BCUT2D eigenvalue weighted by Gasteiger charge is -2.16. The molecule has 0 fully saturated rings. The number of rotatable bonds is 9. The van der Waals surface area contributed by atoms with Crippen LogP contribution in [-0.4, -0.2) is 19.8 Å². The van der Waals surface area contributed by atoms with Gasteiger partial charge in [-0.3, -0.25) is 0 Å². The molecule has 0 amide bonds. The Morgan fingerprint density at radius 2 is 1.68 bits per heavy atom. The maximum absolute atomic E-state index is 5.81. The zero-order valence-electron chi connectivity index (χ0n) is 13.4. The van der Waals surface area contributed by atoms with E-state index in [4.69, 9.17) is 9.47 Å². The highest BCUT2D eigenvalue weighted by Crippen LogP contribution is 2.19. The third kappa shape index (κ3) is 5.17. The minimum Gasteiger partial charge on any atom is -0.491 e. The molecule has 0 saturated carbocycles. The molecule has 0 heterocycles. The van der Waals surface area contributed by atoms with E-state index in [-0.39, 0.29) is 0 Å². The minimum absolute atomic E-state index is 0.303. The predicted octanol–water partition coefficient (Wildman–Crippen LogP) is 3.95.